The Morgan fingerprint density at radius 1 is 1.36 bits per heavy atom. The fraction of sp³-hybridized carbons (Fsp3) is 0.571. The lowest BCUT2D eigenvalue weighted by Crippen LogP contribution is -2.49. The molecule has 0 radical (unpaired) electrons. The maximum Gasteiger partial charge on any atom is 0.325 e. The molecule has 1 fully saturated rings. The third-order valence-corrected chi connectivity index (χ3v) is 4.02. The van der Waals surface area contributed by atoms with Crippen LogP contribution in [0.15, 0.2) is 6.33 Å². The first-order valence-corrected chi connectivity index (χ1v) is 7.11. The molecule has 1 saturated heterocycles. The zero-order valence-corrected chi connectivity index (χ0v) is 13.3. The minimum atomic E-state index is -1.01. The molecule has 8 heteroatoms. The number of carbonyl (C=O) groups excluding carboxylic acids is 3. The third kappa shape index (κ3) is 2.95. The molecule has 8 nitrogen and oxygen atoms in total. The second-order valence-electron chi connectivity index (χ2n) is 5.86. The van der Waals surface area contributed by atoms with Gasteiger partial charge < -0.3 is 14.8 Å². The van der Waals surface area contributed by atoms with E-state index in [9.17, 15) is 14.4 Å². The monoisotopic (exact) mass is 307 g/mol. The number of imide groups is 1. The van der Waals surface area contributed by atoms with Crippen LogP contribution in [0.3, 0.4) is 0 Å². The largest absolute Gasteiger partial charge is 0.353 e. The van der Waals surface area contributed by atoms with Crippen LogP contribution in [0.1, 0.15) is 25.2 Å². The minimum absolute atomic E-state index is 0.146. The summed E-state index contributed by atoms with van der Waals surface area (Å²) in [5, 5.41) is 4.96. The number of imidazole rings is 1. The Bertz CT molecular complexity index is 620. The average molecular weight is 307 g/mol. The number of nitrogens with one attached hydrogen (secondary N) is 2. The maximum atomic E-state index is 12.0. The number of nitrogens with zero attached hydrogens (tertiary/aromatic N) is 3. The lowest BCUT2D eigenvalue weighted by atomic mass is 10.0. The Hall–Kier alpha value is -2.38. The number of hydrogen-bond acceptors (Lipinski definition) is 4. The Kier molecular flexibility index (Phi) is 4.20. The van der Waals surface area contributed by atoms with Crippen LogP contribution in [0, 0.1) is 13.8 Å². The van der Waals surface area contributed by atoms with Gasteiger partial charge in [-0.25, -0.2) is 9.78 Å². The predicted octanol–water partition coefficient (Wildman–Crippen LogP) is -0.0535. The van der Waals surface area contributed by atoms with Crippen LogP contribution in [0.25, 0.3) is 0 Å². The molecule has 1 aliphatic heterocycles. The third-order valence-electron chi connectivity index (χ3n) is 4.02. The summed E-state index contributed by atoms with van der Waals surface area (Å²) in [6, 6.07) is -0.536. The van der Waals surface area contributed by atoms with Gasteiger partial charge in [-0.2, -0.15) is 0 Å². The van der Waals surface area contributed by atoms with Gasteiger partial charge in [-0.3, -0.25) is 14.9 Å². The highest BCUT2D eigenvalue weighted by atomic mass is 16.2. The highest BCUT2D eigenvalue weighted by Crippen LogP contribution is 2.19. The first-order valence-electron chi connectivity index (χ1n) is 7.11. The number of urea groups is 1. The smallest absolute Gasteiger partial charge is 0.325 e. The summed E-state index contributed by atoms with van der Waals surface area (Å²) in [7, 11) is 0. The fourth-order valence-electron chi connectivity index (χ4n) is 2.25. The van der Waals surface area contributed by atoms with Crippen molar-refractivity contribution in [3.05, 3.63) is 17.7 Å². The highest BCUT2D eigenvalue weighted by molar-refractivity contribution is 6.07. The summed E-state index contributed by atoms with van der Waals surface area (Å²) in [6.07, 6.45) is 1.73. The van der Waals surface area contributed by atoms with Crippen molar-refractivity contribution < 1.29 is 14.4 Å². The predicted molar refractivity (Wildman–Crippen MR) is 79.0 cm³/mol. The minimum Gasteiger partial charge on any atom is -0.353 e. The van der Waals surface area contributed by atoms with E-state index in [-0.39, 0.29) is 12.5 Å². The van der Waals surface area contributed by atoms with Gasteiger partial charge in [0.2, 0.25) is 5.91 Å². The van der Waals surface area contributed by atoms with E-state index in [0.29, 0.717) is 13.1 Å². The highest BCUT2D eigenvalue weighted by Gasteiger charge is 2.46. The molecule has 0 bridgehead atoms. The quantitative estimate of drug-likeness (QED) is 0.745. The zero-order valence-electron chi connectivity index (χ0n) is 13.3. The second kappa shape index (κ2) is 5.78. The van der Waals surface area contributed by atoms with Crippen molar-refractivity contribution in [3.63, 3.8) is 0 Å². The molecule has 22 heavy (non-hydrogen) atoms. The van der Waals surface area contributed by atoms with Crippen LogP contribution in [-0.4, -0.2) is 50.9 Å². The zero-order chi connectivity index (χ0) is 16.5. The standard InChI is InChI=1S/C14H21N5O3/c1-9-10(2)18(8-16-9)6-5-15-11(20)7-19-13(22)17-12(21)14(19,3)4/h8H,5-7H2,1-4H3,(H,15,20)(H,17,21,22). The van der Waals surface area contributed by atoms with Crippen LogP contribution >= 0.6 is 0 Å². The van der Waals surface area contributed by atoms with Crippen molar-refractivity contribution in [1.82, 2.24) is 25.1 Å². The molecule has 0 saturated carbocycles. The molecule has 0 aliphatic carbocycles. The Morgan fingerprint density at radius 3 is 2.55 bits per heavy atom. The van der Waals surface area contributed by atoms with Gasteiger partial charge in [-0.1, -0.05) is 0 Å². The van der Waals surface area contributed by atoms with E-state index >= 15 is 0 Å². The van der Waals surface area contributed by atoms with Gasteiger partial charge in [0.05, 0.1) is 12.0 Å². The number of amides is 4. The normalized spacial score (nSPS) is 16.8. The molecule has 2 rings (SSSR count). The van der Waals surface area contributed by atoms with Crippen LogP contribution < -0.4 is 10.6 Å². The van der Waals surface area contributed by atoms with Crippen molar-refractivity contribution in [2.45, 2.75) is 39.8 Å². The second-order valence-corrected chi connectivity index (χ2v) is 5.86. The lowest BCUT2D eigenvalue weighted by molar-refractivity contribution is -0.127. The van der Waals surface area contributed by atoms with Crippen molar-refractivity contribution >= 4 is 17.8 Å². The summed E-state index contributed by atoms with van der Waals surface area (Å²) in [6.45, 7) is 8.00. The summed E-state index contributed by atoms with van der Waals surface area (Å²) >= 11 is 0. The summed E-state index contributed by atoms with van der Waals surface area (Å²) in [4.78, 5) is 40.7. The first kappa shape index (κ1) is 16.0. The lowest BCUT2D eigenvalue weighted by Gasteiger charge is -2.27. The van der Waals surface area contributed by atoms with E-state index in [1.54, 1.807) is 20.2 Å². The Morgan fingerprint density at radius 2 is 2.05 bits per heavy atom. The molecule has 0 aromatic carbocycles. The van der Waals surface area contributed by atoms with Crippen molar-refractivity contribution in [2.24, 2.45) is 0 Å². The molecular formula is C14H21N5O3. The summed E-state index contributed by atoms with van der Waals surface area (Å²) in [5.41, 5.74) is 1.01. The number of aryl methyl sites for hydroxylation is 1. The number of carbonyl (C=O) groups is 3. The molecule has 2 heterocycles. The first-order chi connectivity index (χ1) is 10.2. The van der Waals surface area contributed by atoms with E-state index < -0.39 is 17.5 Å². The number of aromatic nitrogens is 2. The Labute approximate surface area is 128 Å². The Balaban J connectivity index is 1.85. The van der Waals surface area contributed by atoms with Crippen molar-refractivity contribution in [3.8, 4) is 0 Å². The van der Waals surface area contributed by atoms with Gasteiger partial charge in [0, 0.05) is 18.8 Å². The number of rotatable bonds is 5. The van der Waals surface area contributed by atoms with E-state index in [2.05, 4.69) is 15.6 Å². The van der Waals surface area contributed by atoms with Crippen LogP contribution in [0.4, 0.5) is 4.79 Å². The molecule has 120 valence electrons. The van der Waals surface area contributed by atoms with Crippen LogP contribution in [0.5, 0.6) is 0 Å². The van der Waals surface area contributed by atoms with Gasteiger partial charge >= 0.3 is 6.03 Å². The van der Waals surface area contributed by atoms with Crippen LogP contribution in [-0.2, 0) is 16.1 Å². The van der Waals surface area contributed by atoms with E-state index in [1.165, 1.54) is 4.90 Å². The van der Waals surface area contributed by atoms with Gasteiger partial charge in [-0.15, -0.1) is 0 Å². The van der Waals surface area contributed by atoms with Crippen molar-refractivity contribution in [1.29, 1.82) is 0 Å². The summed E-state index contributed by atoms with van der Waals surface area (Å²) < 4.78 is 1.95. The molecule has 0 spiro atoms. The molecule has 1 aliphatic rings. The van der Waals surface area contributed by atoms with E-state index in [1.807, 2.05) is 18.4 Å². The van der Waals surface area contributed by atoms with Gasteiger partial charge in [0.25, 0.3) is 5.91 Å². The SMILES string of the molecule is Cc1ncn(CCNC(=O)CN2C(=O)NC(=O)C2(C)C)c1C. The number of hydrogen-bond donors (Lipinski definition) is 2. The van der Waals surface area contributed by atoms with E-state index in [4.69, 9.17) is 0 Å². The molecule has 1 aromatic rings. The molecule has 0 atom stereocenters. The van der Waals surface area contributed by atoms with Gasteiger partial charge in [-0.05, 0) is 27.7 Å². The maximum absolute atomic E-state index is 12.0. The molecule has 1 aromatic heterocycles. The van der Waals surface area contributed by atoms with Gasteiger partial charge in [0.1, 0.15) is 12.1 Å². The van der Waals surface area contributed by atoms with Crippen molar-refractivity contribution in [2.75, 3.05) is 13.1 Å². The molecular weight excluding hydrogens is 286 g/mol. The van der Waals surface area contributed by atoms with Crippen LogP contribution in [0.2, 0.25) is 0 Å². The van der Waals surface area contributed by atoms with E-state index in [0.717, 1.165) is 11.4 Å². The summed E-state index contributed by atoms with van der Waals surface area (Å²) in [5.74, 6) is -0.692. The molecule has 0 unspecified atom stereocenters. The fourth-order valence-corrected chi connectivity index (χ4v) is 2.25. The molecule has 4 amide bonds. The van der Waals surface area contributed by atoms with Gasteiger partial charge in [0.15, 0.2) is 0 Å². The molecule has 2 N–H and O–H groups in total. The average Bonchev–Trinajstić information content (AvgIpc) is 2.84. The topological polar surface area (TPSA) is 96.3 Å².